The zero-order chi connectivity index (χ0) is 23.0. The predicted octanol–water partition coefficient (Wildman–Crippen LogP) is 5.69. The molecule has 3 aromatic carbocycles. The molecule has 0 fully saturated rings. The van der Waals surface area contributed by atoms with E-state index in [9.17, 15) is 13.2 Å². The largest absolute Gasteiger partial charge is 0.481 e. The van der Waals surface area contributed by atoms with Crippen LogP contribution in [-0.2, 0) is 21.1 Å². The van der Waals surface area contributed by atoms with Gasteiger partial charge in [-0.1, -0.05) is 23.7 Å². The van der Waals surface area contributed by atoms with E-state index in [1.165, 1.54) is 30.5 Å². The molecule has 4 aromatic rings. The lowest BCUT2D eigenvalue weighted by Gasteiger charge is -2.14. The molecule has 0 saturated heterocycles. The molecule has 0 aliphatic heterocycles. The number of ether oxygens (including phenoxy) is 1. The summed E-state index contributed by atoms with van der Waals surface area (Å²) in [7, 11) is -3.76. The minimum atomic E-state index is -3.76. The van der Waals surface area contributed by atoms with Crippen LogP contribution in [0.4, 0.5) is 0 Å². The van der Waals surface area contributed by atoms with E-state index in [0.717, 1.165) is 11.1 Å². The molecule has 0 unspecified atom stereocenters. The summed E-state index contributed by atoms with van der Waals surface area (Å²) in [6.07, 6.45) is 1.40. The molecule has 2 N–H and O–H groups in total. The molecular formula is C24H20ClNO5S. The Labute approximate surface area is 190 Å². The van der Waals surface area contributed by atoms with E-state index in [2.05, 4.69) is 4.98 Å². The molecule has 1 aromatic heterocycles. The van der Waals surface area contributed by atoms with Crippen LogP contribution in [0.1, 0.15) is 16.7 Å². The maximum Gasteiger partial charge on any atom is 0.307 e. The third-order valence-electron chi connectivity index (χ3n) is 5.12. The van der Waals surface area contributed by atoms with Crippen molar-refractivity contribution in [1.29, 1.82) is 0 Å². The Balaban J connectivity index is 1.72. The van der Waals surface area contributed by atoms with Gasteiger partial charge in [0.2, 0.25) is 9.84 Å². The highest BCUT2D eigenvalue weighted by atomic mass is 35.5. The fourth-order valence-electron chi connectivity index (χ4n) is 3.70. The molecule has 0 saturated carbocycles. The van der Waals surface area contributed by atoms with Crippen molar-refractivity contribution >= 4 is 38.3 Å². The van der Waals surface area contributed by atoms with Crippen LogP contribution in [0, 0.1) is 13.8 Å². The number of nitrogens with one attached hydrogen (secondary N) is 1. The van der Waals surface area contributed by atoms with Crippen molar-refractivity contribution in [2.75, 3.05) is 0 Å². The number of aryl methyl sites for hydroxylation is 2. The summed E-state index contributed by atoms with van der Waals surface area (Å²) in [6, 6.07) is 14.8. The van der Waals surface area contributed by atoms with E-state index in [1.54, 1.807) is 30.3 Å². The quantitative estimate of drug-likeness (QED) is 0.378. The van der Waals surface area contributed by atoms with Crippen molar-refractivity contribution < 1.29 is 23.1 Å². The predicted molar refractivity (Wildman–Crippen MR) is 123 cm³/mol. The number of aromatic nitrogens is 1. The topological polar surface area (TPSA) is 96.5 Å². The Hall–Kier alpha value is -3.29. The van der Waals surface area contributed by atoms with Crippen LogP contribution >= 0.6 is 11.6 Å². The lowest BCUT2D eigenvalue weighted by molar-refractivity contribution is -0.136. The molecule has 0 radical (unpaired) electrons. The summed E-state index contributed by atoms with van der Waals surface area (Å²) < 4.78 is 32.4. The number of carboxylic acids is 1. The molecule has 0 aliphatic carbocycles. The smallest absolute Gasteiger partial charge is 0.307 e. The molecule has 1 heterocycles. The van der Waals surface area contributed by atoms with Crippen LogP contribution in [0.15, 0.2) is 70.6 Å². The van der Waals surface area contributed by atoms with Crippen molar-refractivity contribution in [2.45, 2.75) is 30.1 Å². The highest BCUT2D eigenvalue weighted by Crippen LogP contribution is 2.35. The average molecular weight is 470 g/mol. The maximum absolute atomic E-state index is 13.2. The fraction of sp³-hybridized carbons (Fsp3) is 0.125. The van der Waals surface area contributed by atoms with Crippen LogP contribution < -0.4 is 4.74 Å². The zero-order valence-electron chi connectivity index (χ0n) is 17.3. The van der Waals surface area contributed by atoms with Gasteiger partial charge in [-0.15, -0.1) is 0 Å². The van der Waals surface area contributed by atoms with Gasteiger partial charge in [0.25, 0.3) is 0 Å². The Kier molecular flexibility index (Phi) is 5.71. The number of rotatable bonds is 6. The van der Waals surface area contributed by atoms with Gasteiger partial charge in [-0.25, -0.2) is 8.42 Å². The van der Waals surface area contributed by atoms with E-state index in [-0.39, 0.29) is 16.2 Å². The van der Waals surface area contributed by atoms with Crippen LogP contribution in [0.2, 0.25) is 5.02 Å². The molecule has 164 valence electrons. The molecule has 0 amide bonds. The molecule has 8 heteroatoms. The van der Waals surface area contributed by atoms with Gasteiger partial charge < -0.3 is 14.8 Å². The number of aromatic amines is 1. The highest BCUT2D eigenvalue weighted by molar-refractivity contribution is 7.91. The molecule has 0 atom stereocenters. The molecule has 4 rings (SSSR count). The number of fused-ring (bicyclic) bond motifs is 1. The first kappa shape index (κ1) is 21.9. The summed E-state index contributed by atoms with van der Waals surface area (Å²) in [5.74, 6) is 0.183. The third kappa shape index (κ3) is 4.22. The average Bonchev–Trinajstić information content (AvgIpc) is 3.15. The van der Waals surface area contributed by atoms with E-state index >= 15 is 0 Å². The van der Waals surface area contributed by atoms with Crippen LogP contribution in [0.3, 0.4) is 0 Å². The monoisotopic (exact) mass is 469 g/mol. The molecule has 0 aliphatic rings. The number of H-pyrrole nitrogens is 1. The second-order valence-electron chi connectivity index (χ2n) is 7.55. The first-order valence-electron chi connectivity index (χ1n) is 9.77. The Morgan fingerprint density at radius 3 is 2.31 bits per heavy atom. The summed E-state index contributed by atoms with van der Waals surface area (Å²) in [5, 5.41) is 10.00. The van der Waals surface area contributed by atoms with Crippen LogP contribution in [0.25, 0.3) is 10.9 Å². The highest BCUT2D eigenvalue weighted by Gasteiger charge is 2.22. The molecule has 0 spiro atoms. The first-order chi connectivity index (χ1) is 15.1. The van der Waals surface area contributed by atoms with E-state index in [0.29, 0.717) is 33.0 Å². The summed E-state index contributed by atoms with van der Waals surface area (Å²) in [5.41, 5.74) is 2.95. The van der Waals surface area contributed by atoms with Gasteiger partial charge in [-0.3, -0.25) is 4.79 Å². The number of carboxylic acid groups (broad SMARTS) is 1. The van der Waals surface area contributed by atoms with Crippen molar-refractivity contribution in [3.8, 4) is 11.5 Å². The standard InChI is InChI=1S/C24H20ClNO5S/c1-14-9-16(11-23(27)28)10-15(2)24(14)31-18-5-8-21-20(12-18)22(13-26-21)32(29,30)19-6-3-17(25)4-7-19/h3-10,12-13,26H,11H2,1-2H3,(H,27,28). The second-order valence-corrected chi connectivity index (χ2v) is 9.90. The van der Waals surface area contributed by atoms with Crippen molar-refractivity contribution in [3.05, 3.63) is 82.5 Å². The molecule has 32 heavy (non-hydrogen) atoms. The summed E-state index contributed by atoms with van der Waals surface area (Å²) in [4.78, 5) is 14.3. The van der Waals surface area contributed by atoms with Crippen LogP contribution in [-0.4, -0.2) is 24.5 Å². The normalized spacial score (nSPS) is 11.6. The Morgan fingerprint density at radius 1 is 1.03 bits per heavy atom. The number of hydrogen-bond acceptors (Lipinski definition) is 4. The number of hydrogen-bond donors (Lipinski definition) is 2. The molecule has 6 nitrogen and oxygen atoms in total. The summed E-state index contributed by atoms with van der Waals surface area (Å²) in [6.45, 7) is 3.69. The molecule has 0 bridgehead atoms. The number of carbonyl (C=O) groups is 1. The van der Waals surface area contributed by atoms with Crippen molar-refractivity contribution in [3.63, 3.8) is 0 Å². The SMILES string of the molecule is Cc1cc(CC(=O)O)cc(C)c1Oc1ccc2[nH]cc(S(=O)(=O)c3ccc(Cl)cc3)c2c1. The van der Waals surface area contributed by atoms with Gasteiger partial charge >= 0.3 is 5.97 Å². The Bertz CT molecular complexity index is 1420. The van der Waals surface area contributed by atoms with E-state index in [1.807, 2.05) is 13.8 Å². The zero-order valence-corrected chi connectivity index (χ0v) is 18.9. The number of halogens is 1. The second kappa shape index (κ2) is 8.33. The number of benzene rings is 3. The molecular weight excluding hydrogens is 450 g/mol. The fourth-order valence-corrected chi connectivity index (χ4v) is 5.24. The van der Waals surface area contributed by atoms with Gasteiger partial charge in [-0.2, -0.15) is 0 Å². The maximum atomic E-state index is 13.2. The van der Waals surface area contributed by atoms with Crippen molar-refractivity contribution in [1.82, 2.24) is 4.98 Å². The van der Waals surface area contributed by atoms with Gasteiger partial charge in [0.1, 0.15) is 11.5 Å². The lowest BCUT2D eigenvalue weighted by atomic mass is 10.0. The van der Waals surface area contributed by atoms with Crippen molar-refractivity contribution in [2.24, 2.45) is 0 Å². The number of sulfone groups is 1. The minimum Gasteiger partial charge on any atom is -0.481 e. The van der Waals surface area contributed by atoms with Gasteiger partial charge in [0, 0.05) is 22.1 Å². The Morgan fingerprint density at radius 2 is 1.69 bits per heavy atom. The first-order valence-corrected chi connectivity index (χ1v) is 11.6. The van der Waals surface area contributed by atoms with Gasteiger partial charge in [0.05, 0.1) is 16.2 Å². The van der Waals surface area contributed by atoms with Crippen LogP contribution in [0.5, 0.6) is 11.5 Å². The minimum absolute atomic E-state index is 0.0663. The third-order valence-corrected chi connectivity index (χ3v) is 7.19. The summed E-state index contributed by atoms with van der Waals surface area (Å²) >= 11 is 5.89. The van der Waals surface area contributed by atoms with Gasteiger partial charge in [-0.05, 0) is 73.0 Å². The van der Waals surface area contributed by atoms with E-state index < -0.39 is 15.8 Å². The number of aliphatic carboxylic acids is 1. The lowest BCUT2D eigenvalue weighted by Crippen LogP contribution is -2.02. The van der Waals surface area contributed by atoms with E-state index in [4.69, 9.17) is 21.4 Å². The van der Waals surface area contributed by atoms with Gasteiger partial charge in [0.15, 0.2) is 0 Å².